The lowest BCUT2D eigenvalue weighted by molar-refractivity contribution is -0.134. The number of benzene rings is 7. The molecule has 6 aliphatic heterocycles. The van der Waals surface area contributed by atoms with Crippen molar-refractivity contribution in [1.29, 1.82) is 0 Å². The summed E-state index contributed by atoms with van der Waals surface area (Å²) in [5, 5.41) is 24.0. The van der Waals surface area contributed by atoms with E-state index < -0.39 is 18.4 Å². The fraction of sp³-hybridized carbons (Fsp3) is 0.385. The van der Waals surface area contributed by atoms with Gasteiger partial charge in [0.1, 0.15) is 46.6 Å². The van der Waals surface area contributed by atoms with Gasteiger partial charge in [0.15, 0.2) is 0 Å². The van der Waals surface area contributed by atoms with Gasteiger partial charge in [0.25, 0.3) is 0 Å². The number of hydrogen-bond acceptors (Lipinski definition) is 12. The molecule has 578 valence electrons. The molecular weight excluding hydrogens is 1440 g/mol. The van der Waals surface area contributed by atoms with Crippen molar-refractivity contribution in [2.75, 3.05) is 13.1 Å². The van der Waals surface area contributed by atoms with Gasteiger partial charge in [0, 0.05) is 75.3 Å². The van der Waals surface area contributed by atoms with E-state index in [1.54, 1.807) is 18.3 Å². The zero-order valence-electron chi connectivity index (χ0n) is 63.1. The van der Waals surface area contributed by atoms with Crippen LogP contribution in [-0.2, 0) is 32.1 Å². The Morgan fingerprint density at radius 1 is 0.377 bits per heavy atom. The molecule has 6 saturated heterocycles. The van der Waals surface area contributed by atoms with Gasteiger partial charge in [-0.3, -0.25) is 0 Å². The zero-order valence-corrected chi connectivity index (χ0v) is 63.1. The van der Waals surface area contributed by atoms with Crippen molar-refractivity contribution < 1.29 is 22.0 Å². The van der Waals surface area contributed by atoms with Gasteiger partial charge in [-0.2, -0.15) is 13.2 Å². The molecule has 12 N–H and O–H groups in total. The van der Waals surface area contributed by atoms with Gasteiger partial charge in [0.05, 0.1) is 88.1 Å². The molecule has 23 heteroatoms. The van der Waals surface area contributed by atoms with E-state index >= 15 is 8.78 Å². The molecule has 25 rings (SSSR count). The maximum absolute atomic E-state index is 15.6. The van der Waals surface area contributed by atoms with Crippen molar-refractivity contribution in [3.8, 4) is 89.7 Å². The fourth-order valence-electron chi connectivity index (χ4n) is 20.3. The smallest absolute Gasteiger partial charge is 0.344 e. The Kier molecular flexibility index (Phi) is 16.5. The number of alkyl halides is 3. The molecular formula is C91H89F5N18. The monoisotopic (exact) mass is 1530 g/mol. The van der Waals surface area contributed by atoms with Gasteiger partial charge in [-0.05, 0) is 238 Å². The number of piperidine rings is 4. The number of aromatic nitrogens is 12. The van der Waals surface area contributed by atoms with E-state index in [9.17, 15) is 13.2 Å². The zero-order chi connectivity index (χ0) is 75.8. The lowest BCUT2D eigenvalue weighted by atomic mass is 9.89. The molecule has 10 fully saturated rings. The van der Waals surface area contributed by atoms with Crippen LogP contribution in [0, 0.1) is 35.3 Å². The number of imidazole rings is 6. The number of halogens is 5. The fourth-order valence-corrected chi connectivity index (χ4v) is 20.3. The summed E-state index contributed by atoms with van der Waals surface area (Å²) < 4.78 is 70.1. The summed E-state index contributed by atoms with van der Waals surface area (Å²) in [6.07, 6.45) is 15.9. The van der Waals surface area contributed by atoms with Crippen LogP contribution in [0.5, 0.6) is 0 Å². The van der Waals surface area contributed by atoms with E-state index in [0.29, 0.717) is 52.9 Å². The number of hydrogen-bond donors (Lipinski definition) is 12. The largest absolute Gasteiger partial charge is 0.389 e. The molecule has 0 spiro atoms. The molecule has 6 aliphatic carbocycles. The molecule has 0 radical (unpaired) electrons. The number of nitrogens with one attached hydrogen (secondary N) is 12. The molecule has 0 bridgehead atoms. The first kappa shape index (κ1) is 69.3. The molecule has 14 atom stereocenters. The second-order valence-electron chi connectivity index (χ2n) is 34.6. The Balaban J connectivity index is 0.000000102. The molecule has 18 nitrogen and oxygen atoms in total. The summed E-state index contributed by atoms with van der Waals surface area (Å²) in [6.45, 7) is 1.84. The molecule has 0 unspecified atom stereocenters. The molecule has 6 aromatic heterocycles. The Hall–Kier alpha value is -10.3. The highest BCUT2D eigenvalue weighted by Crippen LogP contribution is 2.51. The van der Waals surface area contributed by atoms with E-state index in [0.717, 1.165) is 198 Å². The average Bonchev–Trinajstić information content (AvgIpc) is 1.59. The van der Waals surface area contributed by atoms with Gasteiger partial charge >= 0.3 is 6.18 Å². The van der Waals surface area contributed by atoms with Crippen LogP contribution in [0.3, 0.4) is 0 Å². The number of rotatable bonds is 14. The van der Waals surface area contributed by atoms with Crippen molar-refractivity contribution in [2.45, 2.75) is 182 Å². The molecule has 13 aromatic rings. The Labute approximate surface area is 655 Å². The van der Waals surface area contributed by atoms with Crippen LogP contribution >= 0.6 is 0 Å². The highest BCUT2D eigenvalue weighted by molar-refractivity contribution is 6.05. The molecule has 114 heavy (non-hydrogen) atoms. The summed E-state index contributed by atoms with van der Waals surface area (Å²) in [5.74, 6) is 8.38. The van der Waals surface area contributed by atoms with Crippen LogP contribution in [0.25, 0.3) is 111 Å². The second-order valence-corrected chi connectivity index (χ2v) is 34.6. The molecule has 4 saturated carbocycles. The number of aromatic amines is 6. The van der Waals surface area contributed by atoms with E-state index in [1.807, 2.05) is 30.5 Å². The van der Waals surface area contributed by atoms with E-state index in [4.69, 9.17) is 15.0 Å². The molecule has 0 amide bonds. The highest BCUT2D eigenvalue weighted by Gasteiger charge is 2.50. The van der Waals surface area contributed by atoms with E-state index in [1.165, 1.54) is 101 Å². The van der Waals surface area contributed by atoms with Crippen molar-refractivity contribution in [3.63, 3.8) is 0 Å². The third kappa shape index (κ3) is 13.0. The molecule has 7 aromatic carbocycles. The summed E-state index contributed by atoms with van der Waals surface area (Å²) in [5.41, 5.74) is 21.8. The van der Waals surface area contributed by atoms with Crippen molar-refractivity contribution in [2.24, 2.45) is 23.7 Å². The topological polar surface area (TPSA) is 244 Å². The summed E-state index contributed by atoms with van der Waals surface area (Å²) in [7, 11) is 0. The van der Waals surface area contributed by atoms with Crippen molar-refractivity contribution in [1.82, 2.24) is 91.7 Å². The van der Waals surface area contributed by atoms with Gasteiger partial charge in [0.2, 0.25) is 0 Å². The van der Waals surface area contributed by atoms with Gasteiger partial charge in [-0.25, -0.2) is 38.7 Å². The lowest BCUT2D eigenvalue weighted by Gasteiger charge is -2.16. The first-order chi connectivity index (χ1) is 55.7. The minimum absolute atomic E-state index is 0.0632. The minimum atomic E-state index is -4.31. The van der Waals surface area contributed by atoms with Crippen molar-refractivity contribution in [3.05, 3.63) is 215 Å². The predicted octanol–water partition coefficient (Wildman–Crippen LogP) is 17.6. The van der Waals surface area contributed by atoms with Crippen LogP contribution in [0.15, 0.2) is 140 Å². The van der Waals surface area contributed by atoms with E-state index in [2.05, 4.69) is 162 Å². The number of fused-ring (bicyclic) bond motifs is 13. The number of aryl methyl sites for hydroxylation is 5. The maximum Gasteiger partial charge on any atom is 0.389 e. The van der Waals surface area contributed by atoms with Gasteiger partial charge in [-0.1, -0.05) is 91.0 Å². The molecule has 12 aliphatic rings. The summed E-state index contributed by atoms with van der Waals surface area (Å²) in [6, 6.07) is 47.4. The second kappa shape index (κ2) is 27.2. The Bertz CT molecular complexity index is 5890. The first-order valence-corrected chi connectivity index (χ1v) is 41.6. The first-order valence-electron chi connectivity index (χ1n) is 41.6. The minimum Gasteiger partial charge on any atom is -0.344 e. The standard InChI is InChI=1S/C31H32F4N6.C30H29FN6.C30H28N6/c32-22-16-18(6-9-21(22)28-24(11-12-31(33,34)35)39-30(41-28)26-4-2-14-37-26)17-5-8-20-19(15-17)7-10-23-27(20)40-29(38-23)25-3-1-13-36-25;31-21-8-15(2-5-20(21)27-13-32-29(36-27)25-11-17-9-23(17)33-25)14-1-4-19-16(7-14)3-6-22-28(19)37-30(35-22)26-12-18-10-24(18)34-26;1-3-16(27-14-31-29(35-27)25-12-19-10-23(19)32-25)4-2-15(1)17-5-7-21-18(9-17)6-8-22-28(21)36-30(34-22)26-13-20-11-24(20)33-26/h5-6,8-9,15-16,25-26,36-37H,1-4,7,10-14H2,(H,38,40)(H,39,41);1-2,4-5,7-8,13,17-18,23-26,33-34H,3,6,9-12H2,(H,32,36)(H,35,37);1-9,14,19-20,23-26,32-33H,10-13H2,(H,31,35)(H,34,36)/t25-,26-;17-,18-,23-,24-,25+,26+;19-,20-,23-,24-,25+,26+/m011/s1. The lowest BCUT2D eigenvalue weighted by Crippen LogP contribution is -2.18. The van der Waals surface area contributed by atoms with Crippen LogP contribution in [0.4, 0.5) is 22.0 Å². The van der Waals surface area contributed by atoms with Crippen LogP contribution in [0.2, 0.25) is 0 Å². The third-order valence-corrected chi connectivity index (χ3v) is 27.0. The quantitative estimate of drug-likeness (QED) is 0.0455. The van der Waals surface area contributed by atoms with Crippen LogP contribution in [-0.4, -0.2) is 103 Å². The van der Waals surface area contributed by atoms with E-state index in [-0.39, 0.29) is 41.6 Å². The summed E-state index contributed by atoms with van der Waals surface area (Å²) >= 11 is 0. The Morgan fingerprint density at radius 2 is 0.833 bits per heavy atom. The Morgan fingerprint density at radius 3 is 1.36 bits per heavy atom. The van der Waals surface area contributed by atoms with Gasteiger partial charge in [-0.15, -0.1) is 0 Å². The predicted molar refractivity (Wildman–Crippen MR) is 429 cm³/mol. The number of H-pyrrole nitrogens is 6. The summed E-state index contributed by atoms with van der Waals surface area (Å²) in [4.78, 5) is 49.6. The SMILES string of the molecule is Fc1cc(-c2ccc3c(c2)CCc2[nH]c([C@@H]4CCCN4)nc2-3)ccc1-c1nc([C@@H]2CCCN2)[nH]c1CCC(F)(F)F.Fc1cc(-c2ccc3c(c2)CCc2[nH]c([C@@H]4C[C@H]5C[C@H]5N4)nc2-3)ccc1-c1cnc([C@@H]2C[C@H]3C[C@H]3N2)[nH]1.c1cc(-c2cnc([C@@H]3C[C@H]4C[C@H]4N3)[nH]2)ccc1-c1ccc2c(ccc3[nH]c([C@@H]4C[C@H]5C[C@H]5N4)nc32)c1. The molecule has 12 heterocycles. The number of nitrogens with zero attached hydrogens (tertiary/aromatic N) is 6. The maximum atomic E-state index is 15.6. The van der Waals surface area contributed by atoms with Crippen molar-refractivity contribution >= 4 is 21.8 Å². The van der Waals surface area contributed by atoms with Crippen LogP contribution in [0.1, 0.15) is 183 Å². The third-order valence-electron chi connectivity index (χ3n) is 27.0. The highest BCUT2D eigenvalue weighted by atomic mass is 19.4. The normalized spacial score (nSPS) is 26.7. The van der Waals surface area contributed by atoms with Crippen LogP contribution < -0.4 is 31.9 Å². The average molecular weight is 1530 g/mol. The van der Waals surface area contributed by atoms with Gasteiger partial charge < -0.3 is 61.8 Å².